The zero-order chi connectivity index (χ0) is 11.1. The number of carbonyl (C=O) groups excluding carboxylic acids is 1. The van der Waals surface area contributed by atoms with Crippen LogP contribution < -0.4 is 0 Å². The first-order valence-electron chi connectivity index (χ1n) is 4.85. The van der Waals surface area contributed by atoms with E-state index >= 15 is 0 Å². The normalized spacial score (nSPS) is 12.4. The third kappa shape index (κ3) is 5.91. The van der Waals surface area contributed by atoms with E-state index in [4.69, 9.17) is 21.7 Å². The Morgan fingerprint density at radius 3 is 2.29 bits per heavy atom. The molecule has 0 radical (unpaired) electrons. The van der Waals surface area contributed by atoms with Crippen molar-refractivity contribution in [2.75, 3.05) is 0 Å². The quantitative estimate of drug-likeness (QED) is 0.404. The molecule has 82 valence electrons. The SMILES string of the molecule is CCC[C@H](OC(=O)C(C)C)OC(C)=S. The fourth-order valence-corrected chi connectivity index (χ4v) is 0.936. The summed E-state index contributed by atoms with van der Waals surface area (Å²) in [6, 6.07) is 0. The van der Waals surface area contributed by atoms with Crippen molar-refractivity contribution in [3.05, 3.63) is 0 Å². The number of esters is 1. The largest absolute Gasteiger partial charge is 0.449 e. The Balaban J connectivity index is 4.08. The van der Waals surface area contributed by atoms with Crippen LogP contribution in [0.5, 0.6) is 0 Å². The molecular formula is C10H18O3S. The van der Waals surface area contributed by atoms with Crippen molar-refractivity contribution in [3.8, 4) is 0 Å². The number of hydrogen-bond donors (Lipinski definition) is 0. The summed E-state index contributed by atoms with van der Waals surface area (Å²) in [6.45, 7) is 7.24. The van der Waals surface area contributed by atoms with Gasteiger partial charge < -0.3 is 9.47 Å². The highest BCUT2D eigenvalue weighted by atomic mass is 32.1. The van der Waals surface area contributed by atoms with Crippen molar-refractivity contribution in [2.45, 2.75) is 46.8 Å². The standard InChI is InChI=1S/C10H18O3S/c1-5-6-9(12-8(4)14)13-10(11)7(2)3/h7,9H,5-6H2,1-4H3/t9-/m0/s1. The van der Waals surface area contributed by atoms with Crippen LogP contribution in [0.2, 0.25) is 0 Å². The molecule has 0 rings (SSSR count). The van der Waals surface area contributed by atoms with Crippen LogP contribution in [0.1, 0.15) is 40.5 Å². The maximum atomic E-state index is 11.3. The van der Waals surface area contributed by atoms with Gasteiger partial charge in [0.1, 0.15) is 0 Å². The van der Waals surface area contributed by atoms with Crippen molar-refractivity contribution < 1.29 is 14.3 Å². The predicted octanol–water partition coefficient (Wildman–Crippen LogP) is 2.68. The third-order valence-corrected chi connectivity index (χ3v) is 1.64. The van der Waals surface area contributed by atoms with Gasteiger partial charge in [0.2, 0.25) is 6.29 Å². The highest BCUT2D eigenvalue weighted by Crippen LogP contribution is 2.08. The number of ether oxygens (including phenoxy) is 2. The molecule has 0 heterocycles. The Labute approximate surface area is 90.8 Å². The van der Waals surface area contributed by atoms with Gasteiger partial charge in [-0.1, -0.05) is 20.8 Å². The zero-order valence-corrected chi connectivity index (χ0v) is 10.0. The Kier molecular flexibility index (Phi) is 6.45. The summed E-state index contributed by atoms with van der Waals surface area (Å²) in [6.07, 6.45) is 1.04. The molecule has 0 bridgehead atoms. The molecule has 0 N–H and O–H groups in total. The second kappa shape index (κ2) is 6.76. The Morgan fingerprint density at radius 1 is 1.36 bits per heavy atom. The predicted molar refractivity (Wildman–Crippen MR) is 59.0 cm³/mol. The third-order valence-electron chi connectivity index (χ3n) is 1.54. The van der Waals surface area contributed by atoms with E-state index in [2.05, 4.69) is 0 Å². The lowest BCUT2D eigenvalue weighted by atomic mass is 10.2. The van der Waals surface area contributed by atoms with Gasteiger partial charge in [0, 0.05) is 13.3 Å². The molecule has 4 heteroatoms. The molecule has 0 amide bonds. The van der Waals surface area contributed by atoms with E-state index < -0.39 is 6.29 Å². The summed E-state index contributed by atoms with van der Waals surface area (Å²) >= 11 is 4.79. The average Bonchev–Trinajstić information content (AvgIpc) is 2.02. The van der Waals surface area contributed by atoms with Gasteiger partial charge in [-0.25, -0.2) is 0 Å². The van der Waals surface area contributed by atoms with Gasteiger partial charge in [-0.05, 0) is 18.6 Å². The van der Waals surface area contributed by atoms with E-state index in [0.717, 1.165) is 6.42 Å². The molecule has 0 aromatic carbocycles. The molecule has 1 atom stereocenters. The summed E-state index contributed by atoms with van der Waals surface area (Å²) < 4.78 is 10.3. The molecule has 0 unspecified atom stereocenters. The van der Waals surface area contributed by atoms with Gasteiger partial charge in [0.25, 0.3) is 0 Å². The number of thiocarbonyl (C=S) groups is 1. The maximum Gasteiger partial charge on any atom is 0.311 e. The highest BCUT2D eigenvalue weighted by Gasteiger charge is 2.17. The van der Waals surface area contributed by atoms with Crippen LogP contribution in [0, 0.1) is 5.92 Å². The molecule has 14 heavy (non-hydrogen) atoms. The smallest absolute Gasteiger partial charge is 0.311 e. The van der Waals surface area contributed by atoms with Crippen molar-refractivity contribution in [2.24, 2.45) is 5.92 Å². The summed E-state index contributed by atoms with van der Waals surface area (Å²) in [5.41, 5.74) is 0. The van der Waals surface area contributed by atoms with Crippen molar-refractivity contribution in [1.29, 1.82) is 0 Å². The number of hydrogen-bond acceptors (Lipinski definition) is 4. The first-order chi connectivity index (χ1) is 6.47. The monoisotopic (exact) mass is 218 g/mol. The van der Waals surface area contributed by atoms with Crippen LogP contribution in [0.15, 0.2) is 0 Å². The summed E-state index contributed by atoms with van der Waals surface area (Å²) in [5, 5.41) is 0.403. The van der Waals surface area contributed by atoms with E-state index in [0.29, 0.717) is 11.5 Å². The molecule has 0 aliphatic heterocycles. The molecule has 0 aliphatic rings. The minimum Gasteiger partial charge on any atom is -0.449 e. The molecule has 0 fully saturated rings. The minimum absolute atomic E-state index is 0.136. The number of carbonyl (C=O) groups is 1. The lowest BCUT2D eigenvalue weighted by Crippen LogP contribution is -2.25. The lowest BCUT2D eigenvalue weighted by molar-refractivity contribution is -0.169. The Morgan fingerprint density at radius 2 is 1.93 bits per heavy atom. The fraction of sp³-hybridized carbons (Fsp3) is 0.800. The van der Waals surface area contributed by atoms with Crippen molar-refractivity contribution in [3.63, 3.8) is 0 Å². The minimum atomic E-state index is -0.521. The summed E-state index contributed by atoms with van der Waals surface area (Å²) in [7, 11) is 0. The molecule has 0 spiro atoms. The van der Waals surface area contributed by atoms with Crippen LogP contribution >= 0.6 is 12.2 Å². The topological polar surface area (TPSA) is 35.5 Å². The highest BCUT2D eigenvalue weighted by molar-refractivity contribution is 7.80. The van der Waals surface area contributed by atoms with Crippen LogP contribution in [0.4, 0.5) is 0 Å². The van der Waals surface area contributed by atoms with E-state index in [1.165, 1.54) is 0 Å². The molecular weight excluding hydrogens is 200 g/mol. The number of rotatable bonds is 5. The van der Waals surface area contributed by atoms with Crippen molar-refractivity contribution >= 4 is 23.2 Å². The zero-order valence-electron chi connectivity index (χ0n) is 9.20. The van der Waals surface area contributed by atoms with Gasteiger partial charge in [0.05, 0.1) is 5.92 Å². The second-order valence-electron chi connectivity index (χ2n) is 3.42. The summed E-state index contributed by atoms with van der Waals surface area (Å²) in [4.78, 5) is 11.3. The van der Waals surface area contributed by atoms with Crippen LogP contribution in [0.3, 0.4) is 0 Å². The van der Waals surface area contributed by atoms with E-state index in [1.54, 1.807) is 20.8 Å². The van der Waals surface area contributed by atoms with Gasteiger partial charge in [-0.15, -0.1) is 0 Å². The summed E-state index contributed by atoms with van der Waals surface area (Å²) in [5.74, 6) is -0.386. The Hall–Kier alpha value is -0.640. The molecule has 0 aromatic heterocycles. The fourth-order valence-electron chi connectivity index (χ4n) is 0.828. The lowest BCUT2D eigenvalue weighted by Gasteiger charge is -2.18. The van der Waals surface area contributed by atoms with Crippen LogP contribution in [-0.4, -0.2) is 17.3 Å². The molecule has 0 aliphatic carbocycles. The second-order valence-corrected chi connectivity index (χ2v) is 3.99. The van der Waals surface area contributed by atoms with Gasteiger partial charge in [-0.3, -0.25) is 4.79 Å². The Bertz CT molecular complexity index is 202. The molecule has 0 saturated heterocycles. The first kappa shape index (κ1) is 13.4. The van der Waals surface area contributed by atoms with Crippen molar-refractivity contribution in [1.82, 2.24) is 0 Å². The molecule has 0 aromatic rings. The molecule has 0 saturated carbocycles. The van der Waals surface area contributed by atoms with Gasteiger partial charge in [-0.2, -0.15) is 0 Å². The van der Waals surface area contributed by atoms with Crippen LogP contribution in [0.25, 0.3) is 0 Å². The maximum absolute atomic E-state index is 11.3. The van der Waals surface area contributed by atoms with Crippen LogP contribution in [-0.2, 0) is 14.3 Å². The average molecular weight is 218 g/mol. The van der Waals surface area contributed by atoms with E-state index in [1.807, 2.05) is 6.92 Å². The van der Waals surface area contributed by atoms with E-state index in [-0.39, 0.29) is 11.9 Å². The van der Waals surface area contributed by atoms with E-state index in [9.17, 15) is 4.79 Å². The molecule has 3 nitrogen and oxygen atoms in total. The van der Waals surface area contributed by atoms with Gasteiger partial charge in [0.15, 0.2) is 5.05 Å². The first-order valence-corrected chi connectivity index (χ1v) is 5.25. The van der Waals surface area contributed by atoms with Gasteiger partial charge >= 0.3 is 5.97 Å².